The zero-order chi connectivity index (χ0) is 6.41. The fraction of sp³-hybridized carbons (Fsp3) is 0.667. The van der Waals surface area contributed by atoms with Gasteiger partial charge in [-0.15, -0.1) is 23.2 Å². The van der Waals surface area contributed by atoms with Crippen LogP contribution in [-0.4, -0.2) is 18.0 Å². The largest absolute Gasteiger partial charge is 0.325 e. The van der Waals surface area contributed by atoms with Crippen molar-refractivity contribution in [3.05, 3.63) is 0 Å². The first-order chi connectivity index (χ1) is 3.81. The molecule has 0 aromatic rings. The van der Waals surface area contributed by atoms with Crippen molar-refractivity contribution in [1.82, 2.24) is 10.6 Å². The molecule has 2 amide bonds. The average molecular weight is 157 g/mol. The van der Waals surface area contributed by atoms with Gasteiger partial charge in [0.2, 0.25) is 0 Å². The Balaban J connectivity index is 3.06. The molecule has 48 valence electrons. The van der Waals surface area contributed by atoms with Crippen LogP contribution >= 0.6 is 23.2 Å². The third-order valence-electron chi connectivity index (χ3n) is 0.455. The minimum atomic E-state index is -0.352. The number of carbonyl (C=O) groups excluding carboxylic acids is 1. The van der Waals surface area contributed by atoms with E-state index in [0.29, 0.717) is 0 Å². The van der Waals surface area contributed by atoms with Gasteiger partial charge in [0.1, 0.15) is 0 Å². The Morgan fingerprint density at radius 3 is 1.88 bits per heavy atom. The summed E-state index contributed by atoms with van der Waals surface area (Å²) in [6.45, 7) is 0. The Labute approximate surface area is 57.3 Å². The van der Waals surface area contributed by atoms with Gasteiger partial charge in [0.25, 0.3) is 0 Å². The summed E-state index contributed by atoms with van der Waals surface area (Å²) in [4.78, 5) is 10.3. The van der Waals surface area contributed by atoms with Gasteiger partial charge in [0.15, 0.2) is 0 Å². The van der Waals surface area contributed by atoms with Crippen LogP contribution in [0, 0.1) is 0 Å². The molecule has 0 spiro atoms. The quantitative estimate of drug-likeness (QED) is 0.449. The van der Waals surface area contributed by atoms with Crippen LogP contribution in [0.15, 0.2) is 0 Å². The molecule has 3 nitrogen and oxygen atoms in total. The Morgan fingerprint density at radius 2 is 1.62 bits per heavy atom. The maximum Gasteiger partial charge on any atom is 0.316 e. The van der Waals surface area contributed by atoms with Gasteiger partial charge in [-0.2, -0.15) is 0 Å². The maximum absolute atomic E-state index is 10.3. The lowest BCUT2D eigenvalue weighted by Gasteiger charge is -1.97. The molecule has 0 atom stereocenters. The molecule has 0 unspecified atom stereocenters. The maximum atomic E-state index is 10.3. The summed E-state index contributed by atoms with van der Waals surface area (Å²) in [5.41, 5.74) is 0. The summed E-state index contributed by atoms with van der Waals surface area (Å²) >= 11 is 10.2. The number of hydrogen-bond acceptors (Lipinski definition) is 1. The van der Waals surface area contributed by atoms with Gasteiger partial charge in [-0.05, 0) is 0 Å². The Bertz CT molecular complexity index is 69.7. The minimum Gasteiger partial charge on any atom is -0.325 e. The van der Waals surface area contributed by atoms with E-state index in [1.165, 1.54) is 0 Å². The third-order valence-corrected chi connectivity index (χ3v) is 0.722. The van der Waals surface area contributed by atoms with Gasteiger partial charge in [-0.3, -0.25) is 0 Å². The van der Waals surface area contributed by atoms with Crippen molar-refractivity contribution >= 4 is 29.2 Å². The molecule has 0 aromatic carbocycles. The van der Waals surface area contributed by atoms with Crippen molar-refractivity contribution < 1.29 is 4.79 Å². The summed E-state index contributed by atoms with van der Waals surface area (Å²) in [6, 6.07) is -0.152. The van der Waals surface area contributed by atoms with Crippen LogP contribution in [-0.2, 0) is 0 Å². The van der Waals surface area contributed by atoms with Crippen LogP contribution in [0.1, 0.15) is 0 Å². The van der Waals surface area contributed by atoms with E-state index in [2.05, 4.69) is 10.6 Å². The summed E-state index contributed by atoms with van der Waals surface area (Å²) in [7, 11) is 0. The van der Waals surface area contributed by atoms with Gasteiger partial charge in [0.05, 0.1) is 12.0 Å². The highest BCUT2D eigenvalue weighted by molar-refractivity contribution is 6.19. The van der Waals surface area contributed by atoms with Crippen LogP contribution < -0.4 is 10.6 Å². The molecule has 0 aromatic heterocycles. The number of urea groups is 1. The van der Waals surface area contributed by atoms with Crippen molar-refractivity contribution in [1.29, 1.82) is 0 Å². The predicted molar refractivity (Wildman–Crippen MR) is 33.1 cm³/mol. The smallest absolute Gasteiger partial charge is 0.316 e. The molecule has 0 aliphatic carbocycles. The topological polar surface area (TPSA) is 41.1 Å². The second-order valence-corrected chi connectivity index (χ2v) is 1.48. The zero-order valence-electron chi connectivity index (χ0n) is 4.08. The molecule has 0 aliphatic rings. The second-order valence-electron chi connectivity index (χ2n) is 0.950. The normalized spacial score (nSPS) is 8.25. The highest BCUT2D eigenvalue weighted by atomic mass is 35.5. The van der Waals surface area contributed by atoms with Crippen molar-refractivity contribution in [3.8, 4) is 0 Å². The van der Waals surface area contributed by atoms with E-state index in [-0.39, 0.29) is 18.0 Å². The Hall–Kier alpha value is -0.150. The highest BCUT2D eigenvalue weighted by Gasteiger charge is 1.91. The first-order valence-electron chi connectivity index (χ1n) is 1.95. The molecule has 0 radical (unpaired) electrons. The monoisotopic (exact) mass is 156 g/mol. The Kier molecular flexibility index (Phi) is 4.90. The molecule has 0 rings (SSSR count). The third kappa shape index (κ3) is 4.02. The number of halogens is 2. The molecular weight excluding hydrogens is 151 g/mol. The van der Waals surface area contributed by atoms with E-state index in [1.807, 2.05) is 0 Å². The average Bonchev–Trinajstić information content (AvgIpc) is 1.68. The van der Waals surface area contributed by atoms with Crippen molar-refractivity contribution in [3.63, 3.8) is 0 Å². The van der Waals surface area contributed by atoms with Gasteiger partial charge < -0.3 is 10.6 Å². The first-order valence-corrected chi connectivity index (χ1v) is 3.01. The molecule has 2 N–H and O–H groups in total. The number of hydrogen-bond donors (Lipinski definition) is 2. The SMILES string of the molecule is O=C(NCCl)NCCl. The van der Waals surface area contributed by atoms with E-state index in [9.17, 15) is 4.79 Å². The second kappa shape index (κ2) is 5.00. The molecule has 0 saturated carbocycles. The number of rotatable bonds is 2. The molecule has 0 fully saturated rings. The standard InChI is InChI=1S/C3H6Cl2N2O/c4-1-6-3(8)7-2-5/h1-2H2,(H2,6,7,8). The Morgan fingerprint density at radius 1 is 1.25 bits per heavy atom. The number of carbonyl (C=O) groups is 1. The van der Waals surface area contributed by atoms with Gasteiger partial charge in [-0.25, -0.2) is 4.79 Å². The lowest BCUT2D eigenvalue weighted by atomic mass is 11.0. The summed E-state index contributed by atoms with van der Waals surface area (Å²) < 4.78 is 0. The van der Waals surface area contributed by atoms with E-state index < -0.39 is 0 Å². The van der Waals surface area contributed by atoms with E-state index in [1.54, 1.807) is 0 Å². The van der Waals surface area contributed by atoms with Gasteiger partial charge in [-0.1, -0.05) is 0 Å². The molecule has 5 heteroatoms. The summed E-state index contributed by atoms with van der Waals surface area (Å²) in [5, 5.41) is 4.55. The fourth-order valence-electron chi connectivity index (χ4n) is 0.184. The molecule has 0 bridgehead atoms. The molecular formula is C3H6Cl2N2O. The minimum absolute atomic E-state index is 0.0999. The molecule has 0 heterocycles. The number of alkyl halides is 2. The van der Waals surface area contributed by atoms with E-state index >= 15 is 0 Å². The van der Waals surface area contributed by atoms with Crippen molar-refractivity contribution in [2.24, 2.45) is 0 Å². The van der Waals surface area contributed by atoms with Crippen molar-refractivity contribution in [2.45, 2.75) is 0 Å². The zero-order valence-corrected chi connectivity index (χ0v) is 5.59. The molecule has 0 saturated heterocycles. The van der Waals surface area contributed by atoms with E-state index in [0.717, 1.165) is 0 Å². The van der Waals surface area contributed by atoms with E-state index in [4.69, 9.17) is 23.2 Å². The lowest BCUT2D eigenvalue weighted by molar-refractivity contribution is 0.244. The highest BCUT2D eigenvalue weighted by Crippen LogP contribution is 1.70. The van der Waals surface area contributed by atoms with Crippen molar-refractivity contribution in [2.75, 3.05) is 12.0 Å². The van der Waals surface area contributed by atoms with Crippen LogP contribution in [0.4, 0.5) is 4.79 Å². The lowest BCUT2D eigenvalue weighted by Crippen LogP contribution is -2.33. The van der Waals surface area contributed by atoms with Crippen LogP contribution in [0.3, 0.4) is 0 Å². The van der Waals surface area contributed by atoms with Gasteiger partial charge in [0, 0.05) is 0 Å². The summed E-state index contributed by atoms with van der Waals surface area (Å²) in [6.07, 6.45) is 0. The van der Waals surface area contributed by atoms with Crippen LogP contribution in [0.2, 0.25) is 0 Å². The van der Waals surface area contributed by atoms with Crippen LogP contribution in [0.5, 0.6) is 0 Å². The predicted octanol–water partition coefficient (Wildman–Crippen LogP) is 0.678. The van der Waals surface area contributed by atoms with Crippen LogP contribution in [0.25, 0.3) is 0 Å². The first kappa shape index (κ1) is 7.85. The number of amides is 2. The number of nitrogens with one attached hydrogen (secondary N) is 2. The fourth-order valence-corrected chi connectivity index (χ4v) is 0.427. The molecule has 0 aliphatic heterocycles. The summed E-state index contributed by atoms with van der Waals surface area (Å²) in [5.74, 6) is 0. The molecule has 8 heavy (non-hydrogen) atoms. The van der Waals surface area contributed by atoms with Gasteiger partial charge >= 0.3 is 6.03 Å².